The van der Waals surface area contributed by atoms with Crippen molar-refractivity contribution in [1.82, 2.24) is 10.3 Å². The Balaban J connectivity index is 2.45. The molecule has 0 amide bonds. The molecule has 1 N–H and O–H groups in total. The number of rotatable bonds is 6. The summed E-state index contributed by atoms with van der Waals surface area (Å²) in [5, 5.41) is 3.98. The fraction of sp³-hybridized carbons (Fsp3) is 0.583. The van der Waals surface area contributed by atoms with Gasteiger partial charge in [-0.05, 0) is 17.5 Å². The van der Waals surface area contributed by atoms with Crippen molar-refractivity contribution in [3.63, 3.8) is 0 Å². The quantitative estimate of drug-likeness (QED) is 0.779. The molecule has 1 heterocycles. The van der Waals surface area contributed by atoms with Gasteiger partial charge in [-0.25, -0.2) is 4.98 Å². The van der Waals surface area contributed by atoms with Gasteiger partial charge in [-0.1, -0.05) is 31.5 Å². The Morgan fingerprint density at radius 2 is 2.19 bits per heavy atom. The van der Waals surface area contributed by atoms with Gasteiger partial charge in [0, 0.05) is 25.9 Å². The van der Waals surface area contributed by atoms with E-state index in [1.807, 2.05) is 6.07 Å². The van der Waals surface area contributed by atoms with Crippen LogP contribution in [0.1, 0.15) is 19.4 Å². The molecule has 0 radical (unpaired) electrons. The van der Waals surface area contributed by atoms with Crippen molar-refractivity contribution in [2.75, 3.05) is 13.7 Å². The monoisotopic (exact) mass is 242 g/mol. The normalized spacial score (nSPS) is 13.1. The van der Waals surface area contributed by atoms with Crippen LogP contribution in [-0.2, 0) is 11.3 Å². The highest BCUT2D eigenvalue weighted by molar-refractivity contribution is 6.29. The van der Waals surface area contributed by atoms with E-state index in [1.54, 1.807) is 19.4 Å². The van der Waals surface area contributed by atoms with Crippen LogP contribution in [0.5, 0.6) is 0 Å². The van der Waals surface area contributed by atoms with Crippen LogP contribution in [0.3, 0.4) is 0 Å². The SMILES string of the molecule is COCC(NCc1ccc(Cl)nc1)C(C)C. The third-order valence-corrected chi connectivity index (χ3v) is 2.73. The first-order valence-corrected chi connectivity index (χ1v) is 5.84. The van der Waals surface area contributed by atoms with Gasteiger partial charge in [0.25, 0.3) is 0 Å². The maximum absolute atomic E-state index is 5.72. The van der Waals surface area contributed by atoms with Gasteiger partial charge < -0.3 is 10.1 Å². The number of nitrogens with one attached hydrogen (secondary N) is 1. The van der Waals surface area contributed by atoms with Crippen molar-refractivity contribution >= 4 is 11.6 Å². The number of aromatic nitrogens is 1. The molecule has 1 unspecified atom stereocenters. The summed E-state index contributed by atoms with van der Waals surface area (Å²) >= 11 is 5.72. The van der Waals surface area contributed by atoms with Gasteiger partial charge in [-0.2, -0.15) is 0 Å². The molecule has 0 aliphatic rings. The van der Waals surface area contributed by atoms with E-state index >= 15 is 0 Å². The van der Waals surface area contributed by atoms with Crippen molar-refractivity contribution in [2.24, 2.45) is 5.92 Å². The first-order valence-electron chi connectivity index (χ1n) is 5.46. The average Bonchev–Trinajstić information content (AvgIpc) is 2.26. The Bertz CT molecular complexity index is 300. The predicted molar refractivity (Wildman–Crippen MR) is 66.6 cm³/mol. The van der Waals surface area contributed by atoms with Gasteiger partial charge in [0.15, 0.2) is 0 Å². The van der Waals surface area contributed by atoms with Gasteiger partial charge in [-0.3, -0.25) is 0 Å². The van der Waals surface area contributed by atoms with Crippen molar-refractivity contribution in [1.29, 1.82) is 0 Å². The van der Waals surface area contributed by atoms with E-state index < -0.39 is 0 Å². The van der Waals surface area contributed by atoms with E-state index in [0.717, 1.165) is 18.7 Å². The molecule has 0 bridgehead atoms. The van der Waals surface area contributed by atoms with Gasteiger partial charge in [0.05, 0.1) is 6.61 Å². The van der Waals surface area contributed by atoms with Gasteiger partial charge in [0.1, 0.15) is 5.15 Å². The number of ether oxygens (including phenoxy) is 1. The zero-order valence-corrected chi connectivity index (χ0v) is 10.8. The zero-order valence-electron chi connectivity index (χ0n) is 10.0. The molecule has 1 atom stereocenters. The summed E-state index contributed by atoms with van der Waals surface area (Å²) in [5.41, 5.74) is 1.13. The number of hydrogen-bond acceptors (Lipinski definition) is 3. The van der Waals surface area contributed by atoms with Crippen molar-refractivity contribution in [2.45, 2.75) is 26.4 Å². The van der Waals surface area contributed by atoms with Gasteiger partial charge >= 0.3 is 0 Å². The molecule has 90 valence electrons. The summed E-state index contributed by atoms with van der Waals surface area (Å²) < 4.78 is 5.17. The number of methoxy groups -OCH3 is 1. The third kappa shape index (κ3) is 4.47. The van der Waals surface area contributed by atoms with Crippen molar-refractivity contribution < 1.29 is 4.74 Å². The lowest BCUT2D eigenvalue weighted by atomic mass is 10.1. The molecule has 1 rings (SSSR count). The summed E-state index contributed by atoms with van der Waals surface area (Å²) in [5.74, 6) is 0.542. The highest BCUT2D eigenvalue weighted by Gasteiger charge is 2.11. The molecule has 16 heavy (non-hydrogen) atoms. The van der Waals surface area contributed by atoms with E-state index in [0.29, 0.717) is 17.1 Å². The Kier molecular flexibility index (Phi) is 5.74. The minimum atomic E-state index is 0.362. The predicted octanol–water partition coefficient (Wildman–Crippen LogP) is 2.50. The third-order valence-electron chi connectivity index (χ3n) is 2.51. The Morgan fingerprint density at radius 1 is 1.44 bits per heavy atom. The molecule has 0 aliphatic heterocycles. The largest absolute Gasteiger partial charge is 0.383 e. The molecule has 1 aromatic rings. The van der Waals surface area contributed by atoms with E-state index in [-0.39, 0.29) is 0 Å². The molecule has 0 saturated heterocycles. The van der Waals surface area contributed by atoms with Crippen LogP contribution in [0.2, 0.25) is 5.15 Å². The molecule has 3 nitrogen and oxygen atoms in total. The topological polar surface area (TPSA) is 34.1 Å². The highest BCUT2D eigenvalue weighted by atomic mass is 35.5. The first-order chi connectivity index (χ1) is 7.63. The van der Waals surface area contributed by atoms with Crippen LogP contribution >= 0.6 is 11.6 Å². The Morgan fingerprint density at radius 3 is 2.69 bits per heavy atom. The van der Waals surface area contributed by atoms with E-state index in [4.69, 9.17) is 16.3 Å². The fourth-order valence-electron chi connectivity index (χ4n) is 1.43. The minimum absolute atomic E-state index is 0.362. The van der Waals surface area contributed by atoms with Crippen LogP contribution in [-0.4, -0.2) is 24.7 Å². The summed E-state index contributed by atoms with van der Waals surface area (Å²) in [6.07, 6.45) is 1.79. The molecule has 0 spiro atoms. The van der Waals surface area contributed by atoms with Gasteiger partial charge in [0.2, 0.25) is 0 Å². The number of hydrogen-bond donors (Lipinski definition) is 1. The van der Waals surface area contributed by atoms with E-state index in [9.17, 15) is 0 Å². The summed E-state index contributed by atoms with van der Waals surface area (Å²) in [4.78, 5) is 4.04. The standard InChI is InChI=1S/C12H19ClN2O/c1-9(2)11(8-16-3)14-6-10-4-5-12(13)15-7-10/h4-5,7,9,11,14H,6,8H2,1-3H3. The minimum Gasteiger partial charge on any atom is -0.383 e. The van der Waals surface area contributed by atoms with Crippen LogP contribution in [0.25, 0.3) is 0 Å². The molecule has 0 saturated carbocycles. The molecular formula is C12H19ClN2O. The molecular weight excluding hydrogens is 224 g/mol. The average molecular weight is 243 g/mol. The second kappa shape index (κ2) is 6.84. The fourth-order valence-corrected chi connectivity index (χ4v) is 1.54. The van der Waals surface area contributed by atoms with E-state index in [1.165, 1.54) is 0 Å². The zero-order chi connectivity index (χ0) is 12.0. The molecule has 0 fully saturated rings. The van der Waals surface area contributed by atoms with Crippen LogP contribution in [0.15, 0.2) is 18.3 Å². The second-order valence-corrected chi connectivity index (χ2v) is 4.56. The Hall–Kier alpha value is -0.640. The summed E-state index contributed by atoms with van der Waals surface area (Å²) in [7, 11) is 1.72. The molecule has 1 aromatic heterocycles. The van der Waals surface area contributed by atoms with Crippen molar-refractivity contribution in [3.8, 4) is 0 Å². The maximum Gasteiger partial charge on any atom is 0.129 e. The highest BCUT2D eigenvalue weighted by Crippen LogP contribution is 2.07. The Labute approximate surface area is 102 Å². The van der Waals surface area contributed by atoms with Crippen LogP contribution in [0.4, 0.5) is 0 Å². The molecule has 0 aromatic carbocycles. The number of halogens is 1. The lowest BCUT2D eigenvalue weighted by Crippen LogP contribution is -2.37. The van der Waals surface area contributed by atoms with E-state index in [2.05, 4.69) is 24.1 Å². The van der Waals surface area contributed by atoms with Crippen LogP contribution in [0, 0.1) is 5.92 Å². The maximum atomic E-state index is 5.72. The lowest BCUT2D eigenvalue weighted by molar-refractivity contribution is 0.146. The second-order valence-electron chi connectivity index (χ2n) is 4.18. The number of nitrogens with zero attached hydrogens (tertiary/aromatic N) is 1. The lowest BCUT2D eigenvalue weighted by Gasteiger charge is -2.21. The van der Waals surface area contributed by atoms with Crippen molar-refractivity contribution in [3.05, 3.63) is 29.0 Å². The van der Waals surface area contributed by atoms with Gasteiger partial charge in [-0.15, -0.1) is 0 Å². The number of pyridine rings is 1. The molecule has 4 heteroatoms. The summed E-state index contributed by atoms with van der Waals surface area (Å²) in [6.45, 7) is 5.86. The van der Waals surface area contributed by atoms with Crippen LogP contribution < -0.4 is 5.32 Å². The smallest absolute Gasteiger partial charge is 0.129 e. The first kappa shape index (κ1) is 13.4. The summed E-state index contributed by atoms with van der Waals surface area (Å²) in [6, 6.07) is 4.15. The molecule has 0 aliphatic carbocycles.